The molecule has 0 aliphatic heterocycles. The number of rotatable bonds is 39. The van der Waals surface area contributed by atoms with Gasteiger partial charge in [-0.15, -0.1) is 0 Å². The van der Waals surface area contributed by atoms with Gasteiger partial charge in [-0.3, -0.25) is 19.2 Å². The Kier molecular flexibility index (Phi) is 36.1. The number of unbranched alkanes of at least 4 members (excludes halogenated alkanes) is 24. The molecular weight excluding hydrogens is 679 g/mol. The number of primary amides is 1. The number of hydrogen-bond acceptors (Lipinski definition) is 9. The third-order valence-corrected chi connectivity index (χ3v) is 10.7. The minimum absolute atomic E-state index is 0.0513. The molecule has 0 saturated carbocycles. The van der Waals surface area contributed by atoms with Crippen LogP contribution in [-0.2, 0) is 28.7 Å². The van der Waals surface area contributed by atoms with Crippen LogP contribution in [0.4, 0.5) is 0 Å². The maximum atomic E-state index is 12.7. The first-order valence-corrected chi connectivity index (χ1v) is 22.3. The second-order valence-corrected chi connectivity index (χ2v) is 15.6. The molecule has 2 amide bonds. The monoisotopic (exact) mass is 758 g/mol. The number of amides is 2. The Morgan fingerprint density at radius 3 is 1.37 bits per heavy atom. The maximum Gasteiger partial charge on any atom is 0.306 e. The predicted molar refractivity (Wildman–Crippen MR) is 215 cm³/mol. The number of nitrogens with two attached hydrogens (primary N) is 2. The molecule has 0 aliphatic rings. The van der Waals surface area contributed by atoms with E-state index in [0.29, 0.717) is 12.8 Å². The third-order valence-electron chi connectivity index (χ3n) is 9.48. The van der Waals surface area contributed by atoms with Crippen LogP contribution in [0.25, 0.3) is 0 Å². The lowest BCUT2D eigenvalue weighted by Crippen LogP contribution is -2.52. The van der Waals surface area contributed by atoms with Crippen molar-refractivity contribution in [2.75, 3.05) is 24.7 Å². The zero-order valence-corrected chi connectivity index (χ0v) is 34.1. The van der Waals surface area contributed by atoms with Crippen molar-refractivity contribution in [1.82, 2.24) is 5.32 Å². The summed E-state index contributed by atoms with van der Waals surface area (Å²) in [6.45, 7) is 3.82. The molecule has 0 aromatic heterocycles. The number of nitrogens with one attached hydrogen (secondary N) is 1. The van der Waals surface area contributed by atoms with E-state index in [1.54, 1.807) is 0 Å². The average Bonchev–Trinajstić information content (AvgIpc) is 3.12. The largest absolute Gasteiger partial charge is 0.462 e. The van der Waals surface area contributed by atoms with Crippen LogP contribution in [0.5, 0.6) is 0 Å². The minimum Gasteiger partial charge on any atom is -0.462 e. The van der Waals surface area contributed by atoms with E-state index in [9.17, 15) is 24.3 Å². The highest BCUT2D eigenvalue weighted by Gasteiger charge is 2.23. The molecule has 0 rings (SSSR count). The fraction of sp³-hybridized carbons (Fsp3) is 0.902. The van der Waals surface area contributed by atoms with Crippen LogP contribution in [0.3, 0.4) is 0 Å². The summed E-state index contributed by atoms with van der Waals surface area (Å²) in [6.07, 6.45) is 31.9. The molecule has 3 atom stereocenters. The van der Waals surface area contributed by atoms with E-state index in [0.717, 1.165) is 38.5 Å². The predicted octanol–water partition coefficient (Wildman–Crippen LogP) is 8.43. The Labute approximate surface area is 321 Å². The molecule has 6 N–H and O–H groups in total. The molecule has 0 radical (unpaired) electrons. The molecule has 3 unspecified atom stereocenters. The van der Waals surface area contributed by atoms with E-state index in [2.05, 4.69) is 19.2 Å². The van der Waals surface area contributed by atoms with Crippen LogP contribution in [0.2, 0.25) is 0 Å². The molecule has 11 heteroatoms. The summed E-state index contributed by atoms with van der Waals surface area (Å²) >= 11 is 1.29. The van der Waals surface area contributed by atoms with Crippen molar-refractivity contribution < 1.29 is 33.8 Å². The summed E-state index contributed by atoms with van der Waals surface area (Å²) in [6, 6.07) is -2.18. The molecule has 0 aromatic rings. The van der Waals surface area contributed by atoms with Crippen molar-refractivity contribution in [3.63, 3.8) is 0 Å². The van der Waals surface area contributed by atoms with Crippen molar-refractivity contribution >= 4 is 35.5 Å². The lowest BCUT2D eigenvalue weighted by Gasteiger charge is -2.20. The number of aliphatic hydroxyl groups is 1. The first-order valence-electron chi connectivity index (χ1n) is 21.1. The molecular formula is C41H79N3O7S. The Morgan fingerprint density at radius 1 is 0.596 bits per heavy atom. The number of esters is 2. The first-order chi connectivity index (χ1) is 25.2. The topological polar surface area (TPSA) is 171 Å². The Morgan fingerprint density at radius 2 is 0.981 bits per heavy atom. The van der Waals surface area contributed by atoms with E-state index in [1.807, 2.05) is 0 Å². The van der Waals surface area contributed by atoms with Crippen molar-refractivity contribution in [1.29, 1.82) is 0 Å². The van der Waals surface area contributed by atoms with Crippen LogP contribution in [0.1, 0.15) is 194 Å². The molecule has 52 heavy (non-hydrogen) atoms. The summed E-state index contributed by atoms with van der Waals surface area (Å²) in [5.41, 5.74) is 11.1. The van der Waals surface area contributed by atoms with Crippen molar-refractivity contribution in [2.24, 2.45) is 11.5 Å². The summed E-state index contributed by atoms with van der Waals surface area (Å²) in [5, 5.41) is 11.6. The summed E-state index contributed by atoms with van der Waals surface area (Å²) in [5.74, 6) is -1.64. The highest BCUT2D eigenvalue weighted by atomic mass is 32.2. The highest BCUT2D eigenvalue weighted by molar-refractivity contribution is 7.99. The van der Waals surface area contributed by atoms with Gasteiger partial charge in [0.1, 0.15) is 18.8 Å². The number of thioether (sulfide) groups is 1. The van der Waals surface area contributed by atoms with Gasteiger partial charge in [0.05, 0.1) is 12.6 Å². The maximum absolute atomic E-state index is 12.7. The van der Waals surface area contributed by atoms with Crippen LogP contribution >= 0.6 is 11.8 Å². The second-order valence-electron chi connectivity index (χ2n) is 14.6. The number of carbonyl (C=O) groups is 4. The summed E-state index contributed by atoms with van der Waals surface area (Å²) < 4.78 is 11.2. The number of aliphatic hydroxyl groups excluding tert-OH is 1. The highest BCUT2D eigenvalue weighted by Crippen LogP contribution is 2.16. The number of carbonyl (C=O) groups excluding carboxylic acids is 4. The standard InChI is InChI=1S/C41H79N3O7S/c1-3-5-7-9-11-13-15-17-19-21-23-25-27-29-38(46)50-32-35(33-52-34-36(42)41(49)44-37(31-45)40(43)48)51-39(47)30-28-26-24-22-20-18-16-14-12-10-8-6-4-2/h35-37,45H,3-34,42H2,1-2H3,(H2,43,48)(H,44,49). The Hall–Kier alpha value is -1.85. The number of hydrogen-bond donors (Lipinski definition) is 4. The van der Waals surface area contributed by atoms with Crippen LogP contribution in [0.15, 0.2) is 0 Å². The SMILES string of the molecule is CCCCCCCCCCCCCCCC(=O)OCC(CSCC(N)C(=O)NC(CO)C(N)=O)OC(=O)CCCCCCCCCCCCCCC. The van der Waals surface area contributed by atoms with Gasteiger partial charge >= 0.3 is 11.9 Å². The first kappa shape index (κ1) is 50.1. The van der Waals surface area contributed by atoms with Gasteiger partial charge in [0.2, 0.25) is 11.8 Å². The van der Waals surface area contributed by atoms with E-state index in [4.69, 9.17) is 20.9 Å². The van der Waals surface area contributed by atoms with E-state index in [-0.39, 0.29) is 30.1 Å². The molecule has 0 bridgehead atoms. The Balaban J connectivity index is 4.44. The van der Waals surface area contributed by atoms with Crippen molar-refractivity contribution in [3.05, 3.63) is 0 Å². The summed E-state index contributed by atoms with van der Waals surface area (Å²) in [4.78, 5) is 48.9. The fourth-order valence-electron chi connectivity index (χ4n) is 6.08. The van der Waals surface area contributed by atoms with E-state index >= 15 is 0 Å². The zero-order chi connectivity index (χ0) is 38.5. The van der Waals surface area contributed by atoms with Crippen LogP contribution in [0, 0.1) is 0 Å². The fourth-order valence-corrected chi connectivity index (χ4v) is 7.05. The van der Waals surface area contributed by atoms with Gasteiger partial charge in [0, 0.05) is 24.3 Å². The molecule has 0 aromatic carbocycles. The Bertz CT molecular complexity index is 879. The van der Waals surface area contributed by atoms with Gasteiger partial charge in [-0.2, -0.15) is 11.8 Å². The smallest absolute Gasteiger partial charge is 0.306 e. The molecule has 0 heterocycles. The lowest BCUT2D eigenvalue weighted by atomic mass is 10.0. The van der Waals surface area contributed by atoms with Crippen molar-refractivity contribution in [3.8, 4) is 0 Å². The van der Waals surface area contributed by atoms with Gasteiger partial charge in [-0.25, -0.2) is 0 Å². The molecule has 10 nitrogen and oxygen atoms in total. The second kappa shape index (κ2) is 37.5. The van der Waals surface area contributed by atoms with Gasteiger partial charge < -0.3 is 31.4 Å². The minimum atomic E-state index is -1.21. The molecule has 0 spiro atoms. The molecule has 0 fully saturated rings. The normalized spacial score (nSPS) is 13.0. The zero-order valence-electron chi connectivity index (χ0n) is 33.3. The number of ether oxygens (including phenoxy) is 2. The van der Waals surface area contributed by atoms with Crippen molar-refractivity contribution in [2.45, 2.75) is 212 Å². The van der Waals surface area contributed by atoms with Gasteiger partial charge in [-0.05, 0) is 12.8 Å². The quantitative estimate of drug-likeness (QED) is 0.0355. The van der Waals surface area contributed by atoms with E-state index in [1.165, 1.54) is 140 Å². The van der Waals surface area contributed by atoms with Crippen LogP contribution in [-0.4, -0.2) is 71.8 Å². The third kappa shape index (κ3) is 32.8. The van der Waals surface area contributed by atoms with Gasteiger partial charge in [0.25, 0.3) is 0 Å². The van der Waals surface area contributed by atoms with Gasteiger partial charge in [-0.1, -0.05) is 168 Å². The molecule has 0 saturated heterocycles. The lowest BCUT2D eigenvalue weighted by molar-refractivity contribution is -0.157. The van der Waals surface area contributed by atoms with E-state index < -0.39 is 36.6 Å². The van der Waals surface area contributed by atoms with Gasteiger partial charge in [0.15, 0.2) is 0 Å². The molecule has 0 aliphatic carbocycles. The van der Waals surface area contributed by atoms with Crippen LogP contribution < -0.4 is 16.8 Å². The molecule has 306 valence electrons. The summed E-state index contributed by atoms with van der Waals surface area (Å²) in [7, 11) is 0. The average molecular weight is 758 g/mol.